The quantitative estimate of drug-likeness (QED) is 0.888. The van der Waals surface area contributed by atoms with E-state index in [0.717, 1.165) is 6.07 Å². The van der Waals surface area contributed by atoms with Crippen LogP contribution >= 0.6 is 0 Å². The molecule has 3 N–H and O–H groups in total. The Kier molecular flexibility index (Phi) is 3.75. The van der Waals surface area contributed by atoms with Gasteiger partial charge in [0.1, 0.15) is 5.54 Å². The minimum Gasteiger partial charge on any atom is -0.480 e. The number of nitrogens with two attached hydrogens (primary N) is 1. The van der Waals surface area contributed by atoms with E-state index in [4.69, 9.17) is 10.8 Å². The van der Waals surface area contributed by atoms with Crippen molar-refractivity contribution in [3.63, 3.8) is 0 Å². The number of halogens is 3. The molecule has 1 heterocycles. The van der Waals surface area contributed by atoms with E-state index >= 15 is 0 Å². The van der Waals surface area contributed by atoms with Gasteiger partial charge >= 0.3 is 12.1 Å². The standard InChI is InChI=1S/C13H15F3N2O2/c14-13(15,16)10-4-2-1-3-9(10)7-18-6-5-12(17,8-18)11(19)20/h1-4H,5-8,17H2,(H,19,20). The van der Waals surface area contributed by atoms with E-state index < -0.39 is 23.2 Å². The van der Waals surface area contributed by atoms with Crippen LogP contribution in [0.3, 0.4) is 0 Å². The Morgan fingerprint density at radius 2 is 2.05 bits per heavy atom. The highest BCUT2D eigenvalue weighted by atomic mass is 19.4. The van der Waals surface area contributed by atoms with Crippen LogP contribution in [-0.4, -0.2) is 34.6 Å². The van der Waals surface area contributed by atoms with Crippen LogP contribution < -0.4 is 5.73 Å². The summed E-state index contributed by atoms with van der Waals surface area (Å²) in [6, 6.07) is 5.30. The van der Waals surface area contributed by atoms with Gasteiger partial charge in [-0.3, -0.25) is 9.69 Å². The summed E-state index contributed by atoms with van der Waals surface area (Å²) in [4.78, 5) is 12.7. The molecule has 1 unspecified atom stereocenters. The molecule has 1 aromatic rings. The Morgan fingerprint density at radius 1 is 1.40 bits per heavy atom. The number of nitrogens with zero attached hydrogens (tertiary/aromatic N) is 1. The zero-order valence-corrected chi connectivity index (χ0v) is 10.7. The maximum absolute atomic E-state index is 12.9. The van der Waals surface area contributed by atoms with Gasteiger partial charge in [0.25, 0.3) is 0 Å². The molecule has 1 aromatic carbocycles. The van der Waals surface area contributed by atoms with Crippen LogP contribution in [0.2, 0.25) is 0 Å². The lowest BCUT2D eigenvalue weighted by Gasteiger charge is -2.21. The summed E-state index contributed by atoms with van der Waals surface area (Å²) in [7, 11) is 0. The lowest BCUT2D eigenvalue weighted by Crippen LogP contribution is -2.50. The molecular weight excluding hydrogens is 273 g/mol. The van der Waals surface area contributed by atoms with Gasteiger partial charge in [-0.2, -0.15) is 13.2 Å². The molecule has 0 spiro atoms. The smallest absolute Gasteiger partial charge is 0.416 e. The summed E-state index contributed by atoms with van der Waals surface area (Å²) in [6.07, 6.45) is -4.18. The highest BCUT2D eigenvalue weighted by molar-refractivity contribution is 5.79. The van der Waals surface area contributed by atoms with Crippen LogP contribution in [0.5, 0.6) is 0 Å². The van der Waals surface area contributed by atoms with Crippen LogP contribution in [0.4, 0.5) is 13.2 Å². The number of rotatable bonds is 3. The van der Waals surface area contributed by atoms with E-state index in [1.807, 2.05) is 0 Å². The second-order valence-corrected chi connectivity index (χ2v) is 5.08. The van der Waals surface area contributed by atoms with E-state index in [9.17, 15) is 18.0 Å². The first-order valence-corrected chi connectivity index (χ1v) is 6.12. The van der Waals surface area contributed by atoms with Crippen LogP contribution in [0.15, 0.2) is 24.3 Å². The fourth-order valence-electron chi connectivity index (χ4n) is 2.40. The molecule has 0 bridgehead atoms. The zero-order chi connectivity index (χ0) is 15.0. The van der Waals surface area contributed by atoms with Crippen molar-refractivity contribution < 1.29 is 23.1 Å². The SMILES string of the molecule is NC1(C(=O)O)CCN(Cc2ccccc2C(F)(F)F)C1. The van der Waals surface area contributed by atoms with Crippen molar-refractivity contribution in [2.45, 2.75) is 24.7 Å². The molecule has 0 radical (unpaired) electrons. The summed E-state index contributed by atoms with van der Waals surface area (Å²) in [5.41, 5.74) is 3.78. The molecule has 1 atom stereocenters. The number of aliphatic carboxylic acids is 1. The molecule has 0 aromatic heterocycles. The summed E-state index contributed by atoms with van der Waals surface area (Å²) >= 11 is 0. The molecule has 0 saturated carbocycles. The van der Waals surface area contributed by atoms with E-state index in [1.165, 1.54) is 18.2 Å². The Balaban J connectivity index is 2.15. The number of hydrogen-bond donors (Lipinski definition) is 2. The second-order valence-electron chi connectivity index (χ2n) is 5.08. The molecule has 1 aliphatic heterocycles. The fourth-order valence-corrected chi connectivity index (χ4v) is 2.40. The maximum atomic E-state index is 12.9. The van der Waals surface area contributed by atoms with Crippen molar-refractivity contribution in [2.75, 3.05) is 13.1 Å². The van der Waals surface area contributed by atoms with Crippen LogP contribution in [-0.2, 0) is 17.5 Å². The molecule has 1 saturated heterocycles. The Morgan fingerprint density at radius 3 is 2.60 bits per heavy atom. The van der Waals surface area contributed by atoms with Crippen LogP contribution in [0, 0.1) is 0 Å². The Hall–Kier alpha value is -1.60. The average molecular weight is 288 g/mol. The van der Waals surface area contributed by atoms with Gasteiger partial charge in [-0.15, -0.1) is 0 Å². The second kappa shape index (κ2) is 5.06. The molecular formula is C13H15F3N2O2. The molecule has 110 valence electrons. The first kappa shape index (κ1) is 14.8. The van der Waals surface area contributed by atoms with Gasteiger partial charge in [-0.1, -0.05) is 18.2 Å². The van der Waals surface area contributed by atoms with Crippen molar-refractivity contribution in [3.05, 3.63) is 35.4 Å². The average Bonchev–Trinajstić information content (AvgIpc) is 2.72. The summed E-state index contributed by atoms with van der Waals surface area (Å²) < 4.78 is 38.6. The van der Waals surface area contributed by atoms with E-state index in [1.54, 1.807) is 4.90 Å². The Bertz CT molecular complexity index is 519. The monoisotopic (exact) mass is 288 g/mol. The zero-order valence-electron chi connectivity index (χ0n) is 10.7. The molecule has 1 aliphatic rings. The molecule has 7 heteroatoms. The van der Waals surface area contributed by atoms with Crippen molar-refractivity contribution in [2.24, 2.45) is 5.73 Å². The molecule has 20 heavy (non-hydrogen) atoms. The van der Waals surface area contributed by atoms with E-state index in [-0.39, 0.29) is 25.1 Å². The van der Waals surface area contributed by atoms with E-state index in [2.05, 4.69) is 0 Å². The van der Waals surface area contributed by atoms with Gasteiger partial charge in [0.05, 0.1) is 5.56 Å². The molecule has 0 aliphatic carbocycles. The lowest BCUT2D eigenvalue weighted by molar-refractivity contribution is -0.143. The maximum Gasteiger partial charge on any atom is 0.416 e. The van der Waals surface area contributed by atoms with Gasteiger partial charge in [-0.25, -0.2) is 0 Å². The van der Waals surface area contributed by atoms with Crippen molar-refractivity contribution >= 4 is 5.97 Å². The number of likely N-dealkylation sites (tertiary alicyclic amines) is 1. The van der Waals surface area contributed by atoms with Gasteiger partial charge in [0.2, 0.25) is 0 Å². The van der Waals surface area contributed by atoms with Crippen molar-refractivity contribution in [3.8, 4) is 0 Å². The lowest BCUT2D eigenvalue weighted by atomic mass is 10.0. The van der Waals surface area contributed by atoms with Crippen LogP contribution in [0.1, 0.15) is 17.5 Å². The van der Waals surface area contributed by atoms with Gasteiger partial charge in [0.15, 0.2) is 0 Å². The predicted octanol–water partition coefficient (Wildman–Crippen LogP) is 1.69. The van der Waals surface area contributed by atoms with Gasteiger partial charge in [-0.05, 0) is 18.1 Å². The molecule has 2 rings (SSSR count). The number of carbonyl (C=O) groups is 1. The van der Waals surface area contributed by atoms with Crippen molar-refractivity contribution in [1.29, 1.82) is 0 Å². The third-order valence-corrected chi connectivity index (χ3v) is 3.52. The van der Waals surface area contributed by atoms with Crippen molar-refractivity contribution in [1.82, 2.24) is 4.90 Å². The van der Waals surface area contributed by atoms with E-state index in [0.29, 0.717) is 6.54 Å². The normalized spacial score (nSPS) is 24.0. The number of hydrogen-bond acceptors (Lipinski definition) is 3. The molecule has 0 amide bonds. The summed E-state index contributed by atoms with van der Waals surface area (Å²) in [5.74, 6) is -1.12. The first-order valence-electron chi connectivity index (χ1n) is 6.12. The number of alkyl halides is 3. The molecule has 4 nitrogen and oxygen atoms in total. The predicted molar refractivity (Wildman–Crippen MR) is 65.9 cm³/mol. The third kappa shape index (κ3) is 2.94. The minimum atomic E-state index is -4.41. The van der Waals surface area contributed by atoms with Gasteiger partial charge in [0, 0.05) is 19.6 Å². The summed E-state index contributed by atoms with van der Waals surface area (Å²) in [6.45, 7) is 0.464. The first-order chi connectivity index (χ1) is 9.22. The third-order valence-electron chi connectivity index (χ3n) is 3.52. The fraction of sp³-hybridized carbons (Fsp3) is 0.462. The largest absolute Gasteiger partial charge is 0.480 e. The molecule has 1 fully saturated rings. The number of benzene rings is 1. The number of carboxylic acid groups (broad SMARTS) is 1. The number of carboxylic acids is 1. The highest BCUT2D eigenvalue weighted by Gasteiger charge is 2.42. The highest BCUT2D eigenvalue weighted by Crippen LogP contribution is 2.33. The van der Waals surface area contributed by atoms with Gasteiger partial charge < -0.3 is 10.8 Å². The topological polar surface area (TPSA) is 66.6 Å². The minimum absolute atomic E-state index is 0.0436. The summed E-state index contributed by atoms with van der Waals surface area (Å²) in [5, 5.41) is 9.01. The Labute approximate surface area is 114 Å². The van der Waals surface area contributed by atoms with Crippen LogP contribution in [0.25, 0.3) is 0 Å².